The minimum absolute atomic E-state index is 0.167. The van der Waals surface area contributed by atoms with E-state index in [4.69, 9.17) is 0 Å². The number of urea groups is 1. The topological polar surface area (TPSA) is 71.8 Å². The number of carbonyl (C=O) groups excluding carboxylic acids is 1. The molecule has 6 nitrogen and oxygen atoms in total. The lowest BCUT2D eigenvalue weighted by Gasteiger charge is -2.26. The number of benzene rings is 1. The zero-order chi connectivity index (χ0) is 16.1. The predicted octanol–water partition coefficient (Wildman–Crippen LogP) is 2.42. The molecular formula is C17H21N5O. The van der Waals surface area contributed by atoms with Crippen LogP contribution < -0.4 is 10.6 Å². The molecule has 0 unspecified atom stereocenters. The van der Waals surface area contributed by atoms with E-state index in [1.165, 1.54) is 6.33 Å². The van der Waals surface area contributed by atoms with Gasteiger partial charge >= 0.3 is 6.03 Å². The Morgan fingerprint density at radius 2 is 2.04 bits per heavy atom. The van der Waals surface area contributed by atoms with Crippen LogP contribution in [0.25, 0.3) is 5.69 Å². The van der Waals surface area contributed by atoms with E-state index in [1.54, 1.807) is 4.68 Å². The van der Waals surface area contributed by atoms with Gasteiger partial charge in [-0.05, 0) is 30.9 Å². The van der Waals surface area contributed by atoms with Gasteiger partial charge < -0.3 is 10.6 Å². The number of nitrogens with one attached hydrogen (secondary N) is 2. The molecular weight excluding hydrogens is 290 g/mol. The fourth-order valence-corrected chi connectivity index (χ4v) is 2.70. The van der Waals surface area contributed by atoms with Crippen molar-refractivity contribution in [3.63, 3.8) is 0 Å². The van der Waals surface area contributed by atoms with Crippen LogP contribution in [0.1, 0.15) is 25.6 Å². The zero-order valence-corrected chi connectivity index (χ0v) is 13.1. The van der Waals surface area contributed by atoms with Crippen molar-refractivity contribution in [3.05, 3.63) is 54.6 Å². The number of amides is 2. The quantitative estimate of drug-likeness (QED) is 0.852. The number of rotatable bonds is 4. The van der Waals surface area contributed by atoms with Crippen molar-refractivity contribution in [2.24, 2.45) is 5.92 Å². The van der Waals surface area contributed by atoms with Crippen LogP contribution in [0.5, 0.6) is 0 Å². The maximum atomic E-state index is 12.1. The second-order valence-electron chi connectivity index (χ2n) is 5.78. The largest absolute Gasteiger partial charge is 0.335 e. The average molecular weight is 311 g/mol. The van der Waals surface area contributed by atoms with E-state index < -0.39 is 0 Å². The van der Waals surface area contributed by atoms with Crippen LogP contribution in [0.15, 0.2) is 48.8 Å². The molecule has 1 aromatic heterocycles. The van der Waals surface area contributed by atoms with Gasteiger partial charge in [-0.1, -0.05) is 37.3 Å². The molecule has 0 saturated heterocycles. The van der Waals surface area contributed by atoms with Gasteiger partial charge in [0.05, 0.1) is 12.2 Å². The smallest absolute Gasteiger partial charge is 0.315 e. The molecule has 2 N–H and O–H groups in total. The van der Waals surface area contributed by atoms with Gasteiger partial charge in [-0.15, -0.1) is 0 Å². The monoisotopic (exact) mass is 311 g/mol. The summed E-state index contributed by atoms with van der Waals surface area (Å²) in [5.41, 5.74) is 0.924. The molecule has 0 bridgehead atoms. The highest BCUT2D eigenvalue weighted by Gasteiger charge is 2.20. The number of hydrogen-bond acceptors (Lipinski definition) is 3. The maximum Gasteiger partial charge on any atom is 0.315 e. The van der Waals surface area contributed by atoms with E-state index in [9.17, 15) is 4.79 Å². The molecule has 0 fully saturated rings. The van der Waals surface area contributed by atoms with Gasteiger partial charge in [-0.25, -0.2) is 14.5 Å². The highest BCUT2D eigenvalue weighted by molar-refractivity contribution is 5.74. The van der Waals surface area contributed by atoms with Gasteiger partial charge in [0, 0.05) is 6.04 Å². The molecule has 120 valence electrons. The minimum Gasteiger partial charge on any atom is -0.335 e. The summed E-state index contributed by atoms with van der Waals surface area (Å²) in [4.78, 5) is 16.3. The number of carbonyl (C=O) groups is 1. The zero-order valence-electron chi connectivity index (χ0n) is 13.1. The Bertz CT molecular complexity index is 679. The molecule has 1 aliphatic carbocycles. The van der Waals surface area contributed by atoms with Crippen molar-refractivity contribution >= 4 is 6.03 Å². The van der Waals surface area contributed by atoms with Crippen molar-refractivity contribution in [3.8, 4) is 5.69 Å². The summed E-state index contributed by atoms with van der Waals surface area (Å²) in [6.45, 7) is 2.48. The Balaban J connectivity index is 1.58. The van der Waals surface area contributed by atoms with Gasteiger partial charge in [-0.3, -0.25) is 0 Å². The molecule has 1 aromatic carbocycles. The average Bonchev–Trinajstić information content (AvgIpc) is 3.04. The molecule has 2 aromatic rings. The van der Waals surface area contributed by atoms with Gasteiger partial charge in [0.2, 0.25) is 0 Å². The highest BCUT2D eigenvalue weighted by atomic mass is 16.2. The summed E-state index contributed by atoms with van der Waals surface area (Å²) in [6, 6.07) is 9.76. The van der Waals surface area contributed by atoms with E-state index in [2.05, 4.69) is 39.8 Å². The Kier molecular flexibility index (Phi) is 4.71. The molecule has 1 heterocycles. The highest BCUT2D eigenvalue weighted by Crippen LogP contribution is 2.17. The SMILES string of the molecule is C[C@@H]1CC=CC[C@H]1NC(=O)NCc1ncnn1-c1ccccc1. The fraction of sp³-hybridized carbons (Fsp3) is 0.353. The maximum absolute atomic E-state index is 12.1. The number of hydrogen-bond donors (Lipinski definition) is 2. The van der Waals surface area contributed by atoms with E-state index >= 15 is 0 Å². The number of aromatic nitrogens is 3. The lowest BCUT2D eigenvalue weighted by atomic mass is 9.91. The first-order chi connectivity index (χ1) is 11.2. The van der Waals surface area contributed by atoms with Crippen LogP contribution in [-0.4, -0.2) is 26.8 Å². The Hall–Kier alpha value is -2.63. The van der Waals surface area contributed by atoms with Gasteiger partial charge in [0.1, 0.15) is 6.33 Å². The van der Waals surface area contributed by atoms with E-state index in [-0.39, 0.29) is 12.1 Å². The first-order valence-electron chi connectivity index (χ1n) is 7.87. The lowest BCUT2D eigenvalue weighted by Crippen LogP contribution is -2.45. The summed E-state index contributed by atoms with van der Waals surface area (Å²) in [7, 11) is 0. The molecule has 1 aliphatic rings. The van der Waals surface area contributed by atoms with Crippen LogP contribution in [-0.2, 0) is 6.54 Å². The molecule has 6 heteroatoms. The van der Waals surface area contributed by atoms with Gasteiger partial charge in [0.25, 0.3) is 0 Å². The van der Waals surface area contributed by atoms with Crippen LogP contribution >= 0.6 is 0 Å². The molecule has 23 heavy (non-hydrogen) atoms. The second-order valence-corrected chi connectivity index (χ2v) is 5.78. The summed E-state index contributed by atoms with van der Waals surface area (Å²) in [5.74, 6) is 1.15. The van der Waals surface area contributed by atoms with Gasteiger partial charge in [-0.2, -0.15) is 5.10 Å². The second kappa shape index (κ2) is 7.09. The van der Waals surface area contributed by atoms with Crippen LogP contribution in [0.3, 0.4) is 0 Å². The molecule has 0 saturated carbocycles. The number of nitrogens with zero attached hydrogens (tertiary/aromatic N) is 3. The van der Waals surface area contributed by atoms with Crippen LogP contribution in [0.4, 0.5) is 4.79 Å². The van der Waals surface area contributed by atoms with Crippen LogP contribution in [0, 0.1) is 5.92 Å². The van der Waals surface area contributed by atoms with E-state index in [0.29, 0.717) is 18.3 Å². The Morgan fingerprint density at radius 3 is 2.83 bits per heavy atom. The lowest BCUT2D eigenvalue weighted by molar-refractivity contribution is 0.230. The molecule has 3 rings (SSSR count). The van der Waals surface area contributed by atoms with Crippen molar-refractivity contribution in [2.75, 3.05) is 0 Å². The summed E-state index contributed by atoms with van der Waals surface area (Å²) in [6.07, 6.45) is 7.68. The molecule has 2 amide bonds. The fourth-order valence-electron chi connectivity index (χ4n) is 2.70. The first-order valence-corrected chi connectivity index (χ1v) is 7.87. The minimum atomic E-state index is -0.167. The summed E-state index contributed by atoms with van der Waals surface area (Å²) >= 11 is 0. The third-order valence-electron chi connectivity index (χ3n) is 4.09. The Labute approximate surface area is 135 Å². The van der Waals surface area contributed by atoms with Crippen molar-refractivity contribution < 1.29 is 4.79 Å². The standard InChI is InChI=1S/C17H21N5O/c1-13-7-5-6-10-15(13)21-17(23)18-11-16-19-12-20-22(16)14-8-3-2-4-9-14/h2-6,8-9,12-13,15H,7,10-11H2,1H3,(H2,18,21,23)/t13-,15-/m1/s1. The van der Waals surface area contributed by atoms with Crippen molar-refractivity contribution in [2.45, 2.75) is 32.4 Å². The molecule has 0 aliphatic heterocycles. The summed E-state index contributed by atoms with van der Waals surface area (Å²) < 4.78 is 1.73. The van der Waals surface area contributed by atoms with Crippen LogP contribution in [0.2, 0.25) is 0 Å². The first kappa shape index (κ1) is 15.3. The molecule has 0 radical (unpaired) electrons. The Morgan fingerprint density at radius 1 is 1.26 bits per heavy atom. The third-order valence-corrected chi connectivity index (χ3v) is 4.09. The normalized spacial score (nSPS) is 20.2. The van der Waals surface area contributed by atoms with E-state index in [0.717, 1.165) is 18.5 Å². The van der Waals surface area contributed by atoms with Gasteiger partial charge in [0.15, 0.2) is 5.82 Å². The van der Waals surface area contributed by atoms with E-state index in [1.807, 2.05) is 30.3 Å². The third kappa shape index (κ3) is 3.77. The number of para-hydroxylation sites is 1. The molecule has 0 spiro atoms. The van der Waals surface area contributed by atoms with Crippen molar-refractivity contribution in [1.82, 2.24) is 25.4 Å². The summed E-state index contributed by atoms with van der Waals surface area (Å²) in [5, 5.41) is 10.1. The predicted molar refractivity (Wildman–Crippen MR) is 88.1 cm³/mol. The molecule has 2 atom stereocenters. The number of allylic oxidation sites excluding steroid dienone is 1. The van der Waals surface area contributed by atoms with Crippen molar-refractivity contribution in [1.29, 1.82) is 0 Å².